The summed E-state index contributed by atoms with van der Waals surface area (Å²) in [4.78, 5) is 0. The second kappa shape index (κ2) is 5.48. The van der Waals surface area contributed by atoms with Crippen LogP contribution in [0.5, 0.6) is 0 Å². The standard InChI is InChI=1S/C13H19NOS/c1-2-11-4-3-5-13(10-11)14-12-6-8-16(15)9-7-12/h3-5,10,12,14H,2,6-9H2,1H3. The summed E-state index contributed by atoms with van der Waals surface area (Å²) in [5, 5.41) is 3.54. The highest BCUT2D eigenvalue weighted by Gasteiger charge is 2.17. The van der Waals surface area contributed by atoms with Gasteiger partial charge in [-0.15, -0.1) is 0 Å². The molecule has 1 aromatic rings. The van der Waals surface area contributed by atoms with Crippen LogP contribution in [0.1, 0.15) is 25.3 Å². The molecule has 1 fully saturated rings. The fourth-order valence-electron chi connectivity index (χ4n) is 2.05. The Hall–Kier alpha value is -0.830. The monoisotopic (exact) mass is 237 g/mol. The van der Waals surface area contributed by atoms with Crippen molar-refractivity contribution in [2.75, 3.05) is 16.8 Å². The molecule has 0 amide bonds. The molecule has 0 atom stereocenters. The smallest absolute Gasteiger partial charge is 0.0345 e. The van der Waals surface area contributed by atoms with Crippen molar-refractivity contribution in [2.24, 2.45) is 0 Å². The Morgan fingerprint density at radius 3 is 2.81 bits per heavy atom. The van der Waals surface area contributed by atoms with Crippen LogP contribution in [0.2, 0.25) is 0 Å². The molecule has 0 aromatic heterocycles. The fraction of sp³-hybridized carbons (Fsp3) is 0.538. The maximum Gasteiger partial charge on any atom is 0.0345 e. The molecule has 0 aliphatic carbocycles. The summed E-state index contributed by atoms with van der Waals surface area (Å²) in [5.74, 6) is 1.70. The lowest BCUT2D eigenvalue weighted by molar-refractivity contribution is 0.624. The van der Waals surface area contributed by atoms with Crippen molar-refractivity contribution >= 4 is 16.5 Å². The van der Waals surface area contributed by atoms with E-state index in [-0.39, 0.29) is 0 Å². The summed E-state index contributed by atoms with van der Waals surface area (Å²) in [6.45, 7) is 2.17. The van der Waals surface area contributed by atoms with Crippen molar-refractivity contribution in [2.45, 2.75) is 32.2 Å². The molecule has 1 N–H and O–H groups in total. The first-order valence-corrected chi connectivity index (χ1v) is 7.47. The molecule has 0 bridgehead atoms. The van der Waals surface area contributed by atoms with Crippen LogP contribution in [0.3, 0.4) is 0 Å². The molecular weight excluding hydrogens is 218 g/mol. The van der Waals surface area contributed by atoms with E-state index < -0.39 is 10.8 Å². The van der Waals surface area contributed by atoms with Crippen LogP contribution in [0.4, 0.5) is 5.69 Å². The summed E-state index contributed by atoms with van der Waals surface area (Å²) >= 11 is 0. The van der Waals surface area contributed by atoms with Crippen LogP contribution >= 0.6 is 0 Å². The van der Waals surface area contributed by atoms with Crippen LogP contribution in [-0.4, -0.2) is 21.8 Å². The topological polar surface area (TPSA) is 29.1 Å². The zero-order valence-corrected chi connectivity index (χ0v) is 10.6. The van der Waals surface area contributed by atoms with Crippen LogP contribution in [0.25, 0.3) is 0 Å². The molecule has 1 aliphatic heterocycles. The Kier molecular flexibility index (Phi) is 3.99. The number of anilines is 1. The number of hydrogen-bond donors (Lipinski definition) is 1. The van der Waals surface area contributed by atoms with Gasteiger partial charge >= 0.3 is 0 Å². The molecule has 0 spiro atoms. The van der Waals surface area contributed by atoms with Gasteiger partial charge in [0.05, 0.1) is 0 Å². The molecule has 0 unspecified atom stereocenters. The van der Waals surface area contributed by atoms with E-state index >= 15 is 0 Å². The van der Waals surface area contributed by atoms with E-state index in [1.807, 2.05) is 0 Å². The van der Waals surface area contributed by atoms with E-state index in [1.165, 1.54) is 11.3 Å². The van der Waals surface area contributed by atoms with Gasteiger partial charge in [0.25, 0.3) is 0 Å². The second-order valence-corrected chi connectivity index (χ2v) is 6.02. The molecule has 2 rings (SSSR count). The van der Waals surface area contributed by atoms with E-state index in [0.717, 1.165) is 30.8 Å². The van der Waals surface area contributed by atoms with Crippen LogP contribution in [0, 0.1) is 0 Å². The average molecular weight is 237 g/mol. The fourth-order valence-corrected chi connectivity index (χ4v) is 3.35. The summed E-state index contributed by atoms with van der Waals surface area (Å²) in [5.41, 5.74) is 2.57. The predicted octanol–water partition coefficient (Wildman–Crippen LogP) is 2.57. The molecule has 1 saturated heterocycles. The normalized spacial score (nSPS) is 25.3. The Labute approximate surface area is 99.9 Å². The van der Waals surface area contributed by atoms with Gasteiger partial charge in [-0.3, -0.25) is 4.21 Å². The molecule has 0 saturated carbocycles. The third-order valence-corrected chi connectivity index (χ3v) is 4.48. The number of nitrogens with one attached hydrogen (secondary N) is 1. The summed E-state index contributed by atoms with van der Waals surface area (Å²) in [6, 6.07) is 9.09. The molecule has 3 heteroatoms. The van der Waals surface area contributed by atoms with Gasteiger partial charge in [-0.05, 0) is 37.0 Å². The van der Waals surface area contributed by atoms with Crippen molar-refractivity contribution in [3.8, 4) is 0 Å². The minimum absolute atomic E-state index is 0.504. The number of rotatable bonds is 3. The number of hydrogen-bond acceptors (Lipinski definition) is 2. The van der Waals surface area contributed by atoms with Gasteiger partial charge < -0.3 is 5.32 Å². The SMILES string of the molecule is CCc1cccc(NC2CCS(=O)CC2)c1. The first kappa shape index (κ1) is 11.6. The summed E-state index contributed by atoms with van der Waals surface area (Å²) in [7, 11) is -0.565. The van der Waals surface area contributed by atoms with Crippen LogP contribution in [0.15, 0.2) is 24.3 Å². The zero-order valence-electron chi connectivity index (χ0n) is 9.74. The Bertz CT molecular complexity index is 368. The van der Waals surface area contributed by atoms with Crippen molar-refractivity contribution in [1.29, 1.82) is 0 Å². The number of aryl methyl sites for hydroxylation is 1. The number of benzene rings is 1. The molecule has 1 aliphatic rings. The predicted molar refractivity (Wildman–Crippen MR) is 70.3 cm³/mol. The molecular formula is C13H19NOS. The zero-order chi connectivity index (χ0) is 11.4. The largest absolute Gasteiger partial charge is 0.382 e. The van der Waals surface area contributed by atoms with E-state index in [2.05, 4.69) is 36.5 Å². The quantitative estimate of drug-likeness (QED) is 0.875. The van der Waals surface area contributed by atoms with Gasteiger partial charge in [-0.25, -0.2) is 0 Å². The third-order valence-electron chi connectivity index (χ3n) is 3.09. The van der Waals surface area contributed by atoms with Gasteiger partial charge in [0.1, 0.15) is 0 Å². The van der Waals surface area contributed by atoms with Crippen LogP contribution in [-0.2, 0) is 17.2 Å². The Balaban J connectivity index is 1.95. The third kappa shape index (κ3) is 3.08. The molecule has 1 aromatic carbocycles. The van der Waals surface area contributed by atoms with Crippen molar-refractivity contribution in [1.82, 2.24) is 0 Å². The van der Waals surface area contributed by atoms with E-state index in [0.29, 0.717) is 6.04 Å². The van der Waals surface area contributed by atoms with Gasteiger partial charge in [0.2, 0.25) is 0 Å². The average Bonchev–Trinajstić information content (AvgIpc) is 2.32. The summed E-state index contributed by atoms with van der Waals surface area (Å²) < 4.78 is 11.2. The highest BCUT2D eigenvalue weighted by Crippen LogP contribution is 2.17. The Morgan fingerprint density at radius 1 is 1.38 bits per heavy atom. The lowest BCUT2D eigenvalue weighted by Crippen LogP contribution is -2.29. The summed E-state index contributed by atoms with van der Waals surface area (Å²) in [6.07, 6.45) is 3.14. The molecule has 2 nitrogen and oxygen atoms in total. The second-order valence-electron chi connectivity index (χ2n) is 4.32. The van der Waals surface area contributed by atoms with Gasteiger partial charge in [-0.2, -0.15) is 0 Å². The maximum atomic E-state index is 11.2. The molecule has 16 heavy (non-hydrogen) atoms. The molecule has 88 valence electrons. The molecule has 1 heterocycles. The molecule has 0 radical (unpaired) electrons. The maximum absolute atomic E-state index is 11.2. The van der Waals surface area contributed by atoms with E-state index in [1.54, 1.807) is 0 Å². The van der Waals surface area contributed by atoms with Crippen molar-refractivity contribution in [3.05, 3.63) is 29.8 Å². The van der Waals surface area contributed by atoms with E-state index in [9.17, 15) is 4.21 Å². The van der Waals surface area contributed by atoms with Crippen molar-refractivity contribution < 1.29 is 4.21 Å². The van der Waals surface area contributed by atoms with Gasteiger partial charge in [0.15, 0.2) is 0 Å². The van der Waals surface area contributed by atoms with Crippen molar-refractivity contribution in [3.63, 3.8) is 0 Å². The lowest BCUT2D eigenvalue weighted by atomic mass is 10.1. The lowest BCUT2D eigenvalue weighted by Gasteiger charge is -2.23. The first-order valence-electron chi connectivity index (χ1n) is 5.98. The minimum atomic E-state index is -0.565. The Morgan fingerprint density at radius 2 is 2.12 bits per heavy atom. The first-order chi connectivity index (χ1) is 7.78. The highest BCUT2D eigenvalue weighted by atomic mass is 32.2. The minimum Gasteiger partial charge on any atom is -0.382 e. The van der Waals surface area contributed by atoms with Gasteiger partial charge in [0, 0.05) is 34.0 Å². The highest BCUT2D eigenvalue weighted by molar-refractivity contribution is 7.85. The van der Waals surface area contributed by atoms with Crippen LogP contribution < -0.4 is 5.32 Å². The van der Waals surface area contributed by atoms with E-state index in [4.69, 9.17) is 0 Å². The van der Waals surface area contributed by atoms with Gasteiger partial charge in [-0.1, -0.05) is 19.1 Å².